The van der Waals surface area contributed by atoms with E-state index in [1.165, 1.54) is 30.9 Å². The lowest BCUT2D eigenvalue weighted by Gasteiger charge is -2.08. The minimum atomic E-state index is 0.868. The molecule has 0 rings (SSSR count). The fraction of sp³-hybridized carbons (Fsp3) is 1.00. The van der Waals surface area contributed by atoms with Gasteiger partial charge in [-0.15, -0.1) is 0 Å². The molecule has 0 atom stereocenters. The van der Waals surface area contributed by atoms with Gasteiger partial charge in [-0.3, -0.25) is 0 Å². The molecule has 0 unspecified atom stereocenters. The zero-order valence-electron chi connectivity index (χ0n) is 9.38. The highest BCUT2D eigenvalue weighted by atomic mass is 33.1. The third-order valence-corrected chi connectivity index (χ3v) is 4.19. The fourth-order valence-electron chi connectivity index (χ4n) is 0.888. The maximum Gasteiger partial charge on any atom is 0.0165 e. The third-order valence-electron chi connectivity index (χ3n) is 1.71. The summed E-state index contributed by atoms with van der Waals surface area (Å²) < 4.78 is 0. The van der Waals surface area contributed by atoms with Crippen LogP contribution in [0.3, 0.4) is 0 Å². The van der Waals surface area contributed by atoms with Crippen LogP contribution in [0.15, 0.2) is 0 Å². The monoisotopic (exact) mass is 221 g/mol. The quantitative estimate of drug-likeness (QED) is 0.457. The summed E-state index contributed by atoms with van der Waals surface area (Å²) in [6.45, 7) is 5.79. The van der Waals surface area contributed by atoms with Gasteiger partial charge in [0.1, 0.15) is 0 Å². The van der Waals surface area contributed by atoms with Crippen LogP contribution in [0.2, 0.25) is 0 Å². The van der Waals surface area contributed by atoms with Crippen molar-refractivity contribution < 1.29 is 0 Å². The standard InChI is InChI=1S/C10H23NS2/c1-10(2)6-5-8-12-13-9-7-11(3)4/h10H,5-9H2,1-4H3. The Bertz CT molecular complexity index is 93.1. The normalized spacial score (nSPS) is 11.5. The molecule has 0 aromatic rings. The molecule has 3 heteroatoms. The van der Waals surface area contributed by atoms with Gasteiger partial charge >= 0.3 is 0 Å². The van der Waals surface area contributed by atoms with Gasteiger partial charge in [0, 0.05) is 18.1 Å². The van der Waals surface area contributed by atoms with Crippen LogP contribution in [0.1, 0.15) is 26.7 Å². The molecule has 0 saturated heterocycles. The van der Waals surface area contributed by atoms with Gasteiger partial charge in [0.15, 0.2) is 0 Å². The van der Waals surface area contributed by atoms with Crippen molar-refractivity contribution in [3.63, 3.8) is 0 Å². The first-order valence-electron chi connectivity index (χ1n) is 5.02. The average molecular weight is 221 g/mol. The van der Waals surface area contributed by atoms with Crippen molar-refractivity contribution in [2.24, 2.45) is 5.92 Å². The van der Waals surface area contributed by atoms with E-state index < -0.39 is 0 Å². The SMILES string of the molecule is CC(C)CCCSSCCN(C)C. The molecule has 0 aromatic carbocycles. The van der Waals surface area contributed by atoms with Crippen LogP contribution >= 0.6 is 21.6 Å². The Morgan fingerprint density at radius 2 is 1.69 bits per heavy atom. The van der Waals surface area contributed by atoms with Gasteiger partial charge in [-0.1, -0.05) is 41.9 Å². The van der Waals surface area contributed by atoms with E-state index in [-0.39, 0.29) is 0 Å². The summed E-state index contributed by atoms with van der Waals surface area (Å²) in [6.07, 6.45) is 2.75. The lowest BCUT2D eigenvalue weighted by atomic mass is 10.1. The van der Waals surface area contributed by atoms with E-state index in [9.17, 15) is 0 Å². The minimum absolute atomic E-state index is 0.868. The van der Waals surface area contributed by atoms with Gasteiger partial charge in [-0.25, -0.2) is 0 Å². The van der Waals surface area contributed by atoms with E-state index in [1.807, 2.05) is 21.6 Å². The predicted molar refractivity (Wildman–Crippen MR) is 67.5 cm³/mol. The van der Waals surface area contributed by atoms with Crippen LogP contribution in [0.4, 0.5) is 0 Å². The molecule has 0 fully saturated rings. The molecule has 0 radical (unpaired) electrons. The average Bonchev–Trinajstić information content (AvgIpc) is 2.01. The molecule has 0 spiro atoms. The summed E-state index contributed by atoms with van der Waals surface area (Å²) in [4.78, 5) is 2.24. The number of nitrogens with zero attached hydrogens (tertiary/aromatic N) is 1. The maximum atomic E-state index is 2.30. The molecule has 0 aromatic heterocycles. The van der Waals surface area contributed by atoms with E-state index in [0.29, 0.717) is 0 Å². The van der Waals surface area contributed by atoms with Crippen molar-refractivity contribution in [2.45, 2.75) is 26.7 Å². The summed E-state index contributed by atoms with van der Waals surface area (Å²) in [5, 5.41) is 0. The first-order valence-corrected chi connectivity index (χ1v) is 7.51. The Hall–Kier alpha value is 0.660. The molecule has 80 valence electrons. The highest BCUT2D eigenvalue weighted by Crippen LogP contribution is 2.22. The van der Waals surface area contributed by atoms with Gasteiger partial charge in [-0.05, 0) is 26.4 Å². The molecular weight excluding hydrogens is 198 g/mol. The van der Waals surface area contributed by atoms with Crippen molar-refractivity contribution in [3.8, 4) is 0 Å². The third kappa shape index (κ3) is 12.7. The van der Waals surface area contributed by atoms with Gasteiger partial charge in [0.05, 0.1) is 0 Å². The second-order valence-electron chi connectivity index (χ2n) is 3.98. The first kappa shape index (κ1) is 13.7. The van der Waals surface area contributed by atoms with Crippen LogP contribution < -0.4 is 0 Å². The van der Waals surface area contributed by atoms with E-state index in [1.54, 1.807) is 0 Å². The Morgan fingerprint density at radius 1 is 1.08 bits per heavy atom. The molecule has 1 nitrogen and oxygen atoms in total. The van der Waals surface area contributed by atoms with Gasteiger partial charge < -0.3 is 4.90 Å². The maximum absolute atomic E-state index is 2.30. The molecule has 0 saturated carbocycles. The lowest BCUT2D eigenvalue weighted by Crippen LogP contribution is -2.14. The summed E-state index contributed by atoms with van der Waals surface area (Å²) in [5.41, 5.74) is 0. The molecule has 0 amide bonds. The van der Waals surface area contributed by atoms with Crippen molar-refractivity contribution in [1.82, 2.24) is 4.90 Å². The van der Waals surface area contributed by atoms with Gasteiger partial charge in [0.25, 0.3) is 0 Å². The van der Waals surface area contributed by atoms with Gasteiger partial charge in [-0.2, -0.15) is 0 Å². The van der Waals surface area contributed by atoms with E-state index in [0.717, 1.165) is 5.92 Å². The van der Waals surface area contributed by atoms with Crippen LogP contribution in [-0.2, 0) is 0 Å². The lowest BCUT2D eigenvalue weighted by molar-refractivity contribution is 0.438. The van der Waals surface area contributed by atoms with Crippen LogP contribution in [0, 0.1) is 5.92 Å². The molecular formula is C10H23NS2. The van der Waals surface area contributed by atoms with E-state index in [2.05, 4.69) is 32.8 Å². The Morgan fingerprint density at radius 3 is 2.23 bits per heavy atom. The van der Waals surface area contributed by atoms with Crippen molar-refractivity contribution in [1.29, 1.82) is 0 Å². The summed E-state index contributed by atoms with van der Waals surface area (Å²) >= 11 is 0. The van der Waals surface area contributed by atoms with Crippen LogP contribution in [0.25, 0.3) is 0 Å². The second kappa shape index (κ2) is 9.22. The Kier molecular flexibility index (Phi) is 9.69. The first-order chi connectivity index (χ1) is 6.13. The molecule has 13 heavy (non-hydrogen) atoms. The number of rotatable bonds is 8. The zero-order chi connectivity index (χ0) is 10.1. The number of hydrogen-bond acceptors (Lipinski definition) is 3. The molecule has 0 aliphatic heterocycles. The summed E-state index contributed by atoms with van der Waals surface area (Å²) in [6, 6.07) is 0. The minimum Gasteiger partial charge on any atom is -0.309 e. The highest BCUT2D eigenvalue weighted by molar-refractivity contribution is 8.76. The Labute approximate surface area is 91.4 Å². The van der Waals surface area contributed by atoms with Crippen molar-refractivity contribution in [3.05, 3.63) is 0 Å². The molecule has 0 bridgehead atoms. The molecule has 0 N–H and O–H groups in total. The Balaban J connectivity index is 2.92. The largest absolute Gasteiger partial charge is 0.309 e. The molecule has 0 aliphatic rings. The zero-order valence-corrected chi connectivity index (χ0v) is 11.0. The van der Waals surface area contributed by atoms with Crippen LogP contribution in [-0.4, -0.2) is 37.0 Å². The summed E-state index contributed by atoms with van der Waals surface area (Å²) in [7, 11) is 8.29. The predicted octanol–water partition coefficient (Wildman–Crippen LogP) is 3.37. The van der Waals surface area contributed by atoms with Crippen molar-refractivity contribution in [2.75, 3.05) is 32.1 Å². The molecule has 0 aliphatic carbocycles. The van der Waals surface area contributed by atoms with E-state index in [4.69, 9.17) is 0 Å². The topological polar surface area (TPSA) is 3.24 Å². The van der Waals surface area contributed by atoms with Gasteiger partial charge in [0.2, 0.25) is 0 Å². The smallest absolute Gasteiger partial charge is 0.0165 e. The second-order valence-corrected chi connectivity index (χ2v) is 6.69. The van der Waals surface area contributed by atoms with E-state index >= 15 is 0 Å². The van der Waals surface area contributed by atoms with Crippen molar-refractivity contribution >= 4 is 21.6 Å². The number of hydrogen-bond donors (Lipinski definition) is 0. The highest BCUT2D eigenvalue weighted by Gasteiger charge is 1.95. The summed E-state index contributed by atoms with van der Waals surface area (Å²) in [5.74, 6) is 3.43. The van der Waals surface area contributed by atoms with Crippen LogP contribution in [0.5, 0.6) is 0 Å². The molecule has 0 heterocycles. The fourth-order valence-corrected chi connectivity index (χ4v) is 3.13.